The SMILES string of the molecule is CN1CCCC1COc1ccc2cc(-c3n[nH]c4ccc(-c5nc(CC(C)(C)C)n[nH]5)cc34)ccc2c1. The largest absolute Gasteiger partial charge is 0.492 e. The molecule has 2 aromatic heterocycles. The molecule has 37 heavy (non-hydrogen) atoms. The molecule has 1 fully saturated rings. The van der Waals surface area contributed by atoms with E-state index >= 15 is 0 Å². The molecule has 3 heterocycles. The Kier molecular flexibility index (Phi) is 5.95. The van der Waals surface area contributed by atoms with Crippen LogP contribution in [0.25, 0.3) is 44.3 Å². The Morgan fingerprint density at radius 3 is 2.57 bits per heavy atom. The zero-order chi connectivity index (χ0) is 25.6. The summed E-state index contributed by atoms with van der Waals surface area (Å²) in [6.45, 7) is 8.48. The molecule has 1 aliphatic rings. The molecule has 7 nitrogen and oxygen atoms in total. The Morgan fingerprint density at radius 2 is 1.76 bits per heavy atom. The number of benzene rings is 3. The van der Waals surface area contributed by atoms with Crippen molar-refractivity contribution < 1.29 is 4.74 Å². The van der Waals surface area contributed by atoms with Gasteiger partial charge in [-0.15, -0.1) is 0 Å². The standard InChI is InChI=1S/C30H34N6O/c1-30(2,3)17-27-31-29(35-33-27)22-10-12-26-25(16-22)28(34-32-26)21-8-7-20-15-24(11-9-19(20)14-21)37-18-23-6-5-13-36(23)4/h7-12,14-16,23H,5-6,13,17-18H2,1-4H3,(H,32,34)(H,31,33,35). The second kappa shape index (κ2) is 9.30. The number of rotatable bonds is 6. The van der Waals surface area contributed by atoms with Crippen LogP contribution >= 0.6 is 0 Å². The third-order valence-corrected chi connectivity index (χ3v) is 7.26. The maximum absolute atomic E-state index is 6.14. The number of hydrogen-bond donors (Lipinski definition) is 2. The Morgan fingerprint density at radius 1 is 0.946 bits per heavy atom. The van der Waals surface area contributed by atoms with Crippen molar-refractivity contribution in [1.29, 1.82) is 0 Å². The van der Waals surface area contributed by atoms with E-state index in [0.29, 0.717) is 6.04 Å². The Bertz CT molecular complexity index is 1560. The molecule has 0 aliphatic carbocycles. The van der Waals surface area contributed by atoms with Gasteiger partial charge in [-0.25, -0.2) is 4.98 Å². The average molecular weight is 495 g/mol. The lowest BCUT2D eigenvalue weighted by Gasteiger charge is -2.19. The lowest BCUT2D eigenvalue weighted by molar-refractivity contribution is 0.198. The molecular weight excluding hydrogens is 460 g/mol. The van der Waals surface area contributed by atoms with Gasteiger partial charge < -0.3 is 9.64 Å². The van der Waals surface area contributed by atoms with Crippen LogP contribution in [0.2, 0.25) is 0 Å². The molecule has 5 aromatic rings. The van der Waals surface area contributed by atoms with Gasteiger partial charge in [-0.3, -0.25) is 10.2 Å². The Balaban J connectivity index is 1.26. The Hall–Kier alpha value is -3.71. The third-order valence-electron chi connectivity index (χ3n) is 7.26. The monoisotopic (exact) mass is 494 g/mol. The first-order chi connectivity index (χ1) is 17.8. The third kappa shape index (κ3) is 4.96. The fraction of sp³-hybridized carbons (Fsp3) is 0.367. The van der Waals surface area contributed by atoms with Gasteiger partial charge >= 0.3 is 0 Å². The van der Waals surface area contributed by atoms with E-state index in [2.05, 4.69) is 108 Å². The van der Waals surface area contributed by atoms with Crippen molar-refractivity contribution in [3.8, 4) is 28.4 Å². The van der Waals surface area contributed by atoms with Gasteiger partial charge in [0.15, 0.2) is 11.6 Å². The van der Waals surface area contributed by atoms with Crippen LogP contribution < -0.4 is 4.74 Å². The molecule has 1 unspecified atom stereocenters. The topological polar surface area (TPSA) is 82.7 Å². The van der Waals surface area contributed by atoms with Crippen LogP contribution in [-0.2, 0) is 6.42 Å². The van der Waals surface area contributed by atoms with Gasteiger partial charge in [-0.05, 0) is 79.0 Å². The van der Waals surface area contributed by atoms with Crippen LogP contribution in [-0.4, -0.2) is 56.5 Å². The van der Waals surface area contributed by atoms with Crippen molar-refractivity contribution in [1.82, 2.24) is 30.3 Å². The molecule has 3 aromatic carbocycles. The maximum atomic E-state index is 6.14. The van der Waals surface area contributed by atoms with Crippen LogP contribution in [0, 0.1) is 5.41 Å². The number of ether oxygens (including phenoxy) is 1. The first-order valence-electron chi connectivity index (χ1n) is 13.1. The predicted octanol–water partition coefficient (Wildman–Crippen LogP) is 6.23. The maximum Gasteiger partial charge on any atom is 0.155 e. The van der Waals surface area contributed by atoms with Crippen LogP contribution in [0.15, 0.2) is 54.6 Å². The first kappa shape index (κ1) is 23.7. The smallest absolute Gasteiger partial charge is 0.155 e. The normalized spacial score (nSPS) is 16.7. The number of hydrogen-bond acceptors (Lipinski definition) is 5. The number of aromatic nitrogens is 5. The summed E-state index contributed by atoms with van der Waals surface area (Å²) in [6, 6.07) is 19.6. The van der Waals surface area contributed by atoms with Gasteiger partial charge in [0.25, 0.3) is 0 Å². The molecule has 1 atom stereocenters. The fourth-order valence-corrected chi connectivity index (χ4v) is 5.20. The number of fused-ring (bicyclic) bond motifs is 2. The molecule has 0 amide bonds. The van der Waals surface area contributed by atoms with Gasteiger partial charge in [0.1, 0.15) is 12.4 Å². The quantitative estimate of drug-likeness (QED) is 0.292. The van der Waals surface area contributed by atoms with Gasteiger partial charge in [0, 0.05) is 29.0 Å². The van der Waals surface area contributed by atoms with Crippen molar-refractivity contribution in [2.45, 2.75) is 46.1 Å². The van der Waals surface area contributed by atoms with Crippen molar-refractivity contribution in [3.63, 3.8) is 0 Å². The predicted molar refractivity (Wildman–Crippen MR) is 149 cm³/mol. The number of nitrogens with zero attached hydrogens (tertiary/aromatic N) is 4. The summed E-state index contributed by atoms with van der Waals surface area (Å²) < 4.78 is 6.14. The lowest BCUT2D eigenvalue weighted by atomic mass is 9.92. The van der Waals surface area contributed by atoms with E-state index < -0.39 is 0 Å². The summed E-state index contributed by atoms with van der Waals surface area (Å²) in [7, 11) is 2.18. The minimum Gasteiger partial charge on any atom is -0.492 e. The highest BCUT2D eigenvalue weighted by molar-refractivity contribution is 5.97. The molecule has 1 saturated heterocycles. The second-order valence-electron chi connectivity index (χ2n) is 11.5. The number of aromatic amines is 2. The minimum absolute atomic E-state index is 0.136. The number of likely N-dealkylation sites (tertiary alicyclic amines) is 1. The molecule has 6 rings (SSSR count). The molecular formula is C30H34N6O. The van der Waals surface area contributed by atoms with E-state index in [9.17, 15) is 0 Å². The molecule has 0 spiro atoms. The summed E-state index contributed by atoms with van der Waals surface area (Å²) >= 11 is 0. The van der Waals surface area contributed by atoms with Crippen LogP contribution in [0.3, 0.4) is 0 Å². The van der Waals surface area contributed by atoms with E-state index in [0.717, 1.165) is 75.5 Å². The molecule has 1 aliphatic heterocycles. The van der Waals surface area contributed by atoms with Gasteiger partial charge in [-0.1, -0.05) is 39.0 Å². The van der Waals surface area contributed by atoms with Crippen molar-refractivity contribution in [2.24, 2.45) is 5.41 Å². The van der Waals surface area contributed by atoms with Crippen LogP contribution in [0.1, 0.15) is 39.4 Å². The van der Waals surface area contributed by atoms with Crippen molar-refractivity contribution in [2.75, 3.05) is 20.2 Å². The molecule has 0 bridgehead atoms. The molecule has 2 N–H and O–H groups in total. The van der Waals surface area contributed by atoms with Gasteiger partial charge in [0.05, 0.1) is 11.2 Å². The highest BCUT2D eigenvalue weighted by Gasteiger charge is 2.21. The van der Waals surface area contributed by atoms with Gasteiger partial charge in [0.2, 0.25) is 0 Å². The minimum atomic E-state index is 0.136. The van der Waals surface area contributed by atoms with E-state index in [-0.39, 0.29) is 5.41 Å². The number of nitrogens with one attached hydrogen (secondary N) is 2. The summed E-state index contributed by atoms with van der Waals surface area (Å²) in [5.74, 6) is 2.54. The van der Waals surface area contributed by atoms with Crippen molar-refractivity contribution >= 4 is 21.7 Å². The van der Waals surface area contributed by atoms with E-state index in [4.69, 9.17) is 9.72 Å². The highest BCUT2D eigenvalue weighted by atomic mass is 16.5. The van der Waals surface area contributed by atoms with Crippen LogP contribution in [0.5, 0.6) is 5.75 Å². The Labute approximate surface area is 217 Å². The zero-order valence-corrected chi connectivity index (χ0v) is 22.0. The molecule has 0 radical (unpaired) electrons. The molecule has 190 valence electrons. The lowest BCUT2D eigenvalue weighted by Crippen LogP contribution is -2.30. The number of H-pyrrole nitrogens is 2. The first-order valence-corrected chi connectivity index (χ1v) is 13.1. The average Bonchev–Trinajstić information content (AvgIpc) is 3.61. The summed E-state index contributed by atoms with van der Waals surface area (Å²) in [5, 5.41) is 18.8. The molecule has 0 saturated carbocycles. The molecule has 7 heteroatoms. The summed E-state index contributed by atoms with van der Waals surface area (Å²) in [5.41, 5.74) is 4.13. The van der Waals surface area contributed by atoms with E-state index in [1.54, 1.807) is 0 Å². The zero-order valence-electron chi connectivity index (χ0n) is 22.0. The van der Waals surface area contributed by atoms with E-state index in [1.807, 2.05) is 0 Å². The number of likely N-dealkylation sites (N-methyl/N-ethyl adjacent to an activating group) is 1. The van der Waals surface area contributed by atoms with Crippen molar-refractivity contribution in [3.05, 3.63) is 60.4 Å². The van der Waals surface area contributed by atoms with E-state index in [1.165, 1.54) is 12.8 Å². The summed E-state index contributed by atoms with van der Waals surface area (Å²) in [6.07, 6.45) is 3.29. The summed E-state index contributed by atoms with van der Waals surface area (Å²) in [4.78, 5) is 7.13. The second-order valence-corrected chi connectivity index (χ2v) is 11.5. The van der Waals surface area contributed by atoms with Gasteiger partial charge in [-0.2, -0.15) is 10.2 Å². The van der Waals surface area contributed by atoms with Crippen LogP contribution in [0.4, 0.5) is 0 Å². The highest BCUT2D eigenvalue weighted by Crippen LogP contribution is 2.32. The fourth-order valence-electron chi connectivity index (χ4n) is 5.20.